The second-order valence-electron chi connectivity index (χ2n) is 7.08. The minimum absolute atomic E-state index is 0.0622. The van der Waals surface area contributed by atoms with Crippen molar-refractivity contribution in [2.24, 2.45) is 5.92 Å². The van der Waals surface area contributed by atoms with Crippen LogP contribution in [-0.2, 0) is 9.53 Å². The maximum absolute atomic E-state index is 12.8. The van der Waals surface area contributed by atoms with E-state index in [9.17, 15) is 14.7 Å². The van der Waals surface area contributed by atoms with Crippen LogP contribution in [0.5, 0.6) is 0 Å². The maximum Gasteiger partial charge on any atom is 0.417 e. The van der Waals surface area contributed by atoms with Gasteiger partial charge in [-0.3, -0.25) is 4.79 Å². The number of thiocarbonyl (C=S) groups is 1. The number of hydrogen-bond donors (Lipinski definition) is 2. The van der Waals surface area contributed by atoms with Crippen molar-refractivity contribution < 1.29 is 19.4 Å². The molecule has 1 aliphatic heterocycles. The highest BCUT2D eigenvalue weighted by molar-refractivity contribution is 7.81. The molecule has 7 heteroatoms. The number of imide groups is 1. The molecule has 0 fully saturated rings. The lowest BCUT2D eigenvalue weighted by Crippen LogP contribution is -2.49. The standard InChI is InChI=1S/C19H24N2O4S/c1-5-12-11-21(18(24)25-19(2,3)4)17(23)14(15(12)22)16(26)20-13-9-7-6-8-10-13/h6-10,12,22H,5,11H2,1-4H3,(H,20,26). The summed E-state index contributed by atoms with van der Waals surface area (Å²) in [4.78, 5) is 26.4. The van der Waals surface area contributed by atoms with E-state index in [1.807, 2.05) is 25.1 Å². The summed E-state index contributed by atoms with van der Waals surface area (Å²) in [6.45, 7) is 7.12. The zero-order chi connectivity index (χ0) is 19.5. The van der Waals surface area contributed by atoms with Gasteiger partial charge in [-0.1, -0.05) is 37.3 Å². The first kappa shape index (κ1) is 19.9. The first-order valence-electron chi connectivity index (χ1n) is 8.48. The number of ether oxygens (including phenoxy) is 1. The number of anilines is 1. The van der Waals surface area contributed by atoms with Crippen molar-refractivity contribution in [2.45, 2.75) is 39.7 Å². The van der Waals surface area contributed by atoms with E-state index in [4.69, 9.17) is 17.0 Å². The summed E-state index contributed by atoms with van der Waals surface area (Å²) in [7, 11) is 0. The van der Waals surface area contributed by atoms with E-state index in [2.05, 4.69) is 5.32 Å². The first-order chi connectivity index (χ1) is 12.1. The second-order valence-corrected chi connectivity index (χ2v) is 7.49. The summed E-state index contributed by atoms with van der Waals surface area (Å²) >= 11 is 5.33. The van der Waals surface area contributed by atoms with Gasteiger partial charge < -0.3 is 15.2 Å². The van der Waals surface area contributed by atoms with Gasteiger partial charge in [0.25, 0.3) is 5.91 Å². The highest BCUT2D eigenvalue weighted by Crippen LogP contribution is 2.28. The van der Waals surface area contributed by atoms with Gasteiger partial charge >= 0.3 is 6.09 Å². The van der Waals surface area contributed by atoms with Crippen LogP contribution in [-0.4, -0.2) is 39.1 Å². The van der Waals surface area contributed by atoms with Crippen LogP contribution < -0.4 is 5.32 Å². The molecule has 1 unspecified atom stereocenters. The molecule has 0 saturated heterocycles. The Balaban J connectivity index is 2.31. The number of nitrogens with one attached hydrogen (secondary N) is 1. The van der Waals surface area contributed by atoms with E-state index in [1.165, 1.54) is 0 Å². The van der Waals surface area contributed by atoms with Crippen molar-refractivity contribution >= 4 is 34.9 Å². The number of amides is 2. The van der Waals surface area contributed by atoms with Crippen LogP contribution >= 0.6 is 12.2 Å². The topological polar surface area (TPSA) is 78.9 Å². The van der Waals surface area contributed by atoms with Crippen LogP contribution in [0.4, 0.5) is 10.5 Å². The summed E-state index contributed by atoms with van der Waals surface area (Å²) in [6.07, 6.45) is -0.191. The molecule has 0 radical (unpaired) electrons. The molecule has 1 atom stereocenters. The Morgan fingerprint density at radius 1 is 1.35 bits per heavy atom. The number of aliphatic hydroxyl groups is 1. The third kappa shape index (κ3) is 4.60. The Morgan fingerprint density at radius 2 is 1.96 bits per heavy atom. The molecule has 1 aromatic rings. The summed E-state index contributed by atoms with van der Waals surface area (Å²) in [5.41, 5.74) is -0.105. The molecule has 0 bridgehead atoms. The Morgan fingerprint density at radius 3 is 2.50 bits per heavy atom. The molecular formula is C19H24N2O4S. The Bertz CT molecular complexity index is 738. The number of benzene rings is 1. The average molecular weight is 376 g/mol. The average Bonchev–Trinajstić information content (AvgIpc) is 2.54. The fourth-order valence-corrected chi connectivity index (χ4v) is 2.87. The third-order valence-corrected chi connectivity index (χ3v) is 4.18. The predicted molar refractivity (Wildman–Crippen MR) is 104 cm³/mol. The molecule has 1 heterocycles. The van der Waals surface area contributed by atoms with E-state index in [0.717, 1.165) is 4.90 Å². The van der Waals surface area contributed by atoms with Gasteiger partial charge in [-0.15, -0.1) is 0 Å². The number of carbonyl (C=O) groups is 2. The van der Waals surface area contributed by atoms with Gasteiger partial charge in [0.2, 0.25) is 0 Å². The van der Waals surface area contributed by atoms with Gasteiger partial charge in [0.15, 0.2) is 0 Å². The monoisotopic (exact) mass is 376 g/mol. The van der Waals surface area contributed by atoms with E-state index in [0.29, 0.717) is 12.1 Å². The fourth-order valence-electron chi connectivity index (χ4n) is 2.56. The minimum Gasteiger partial charge on any atom is -0.511 e. The Hall–Kier alpha value is -2.41. The van der Waals surface area contributed by atoms with Crippen LogP contribution in [0.2, 0.25) is 0 Å². The van der Waals surface area contributed by atoms with Gasteiger partial charge in [0.05, 0.1) is 0 Å². The van der Waals surface area contributed by atoms with Crippen molar-refractivity contribution in [3.8, 4) is 0 Å². The highest BCUT2D eigenvalue weighted by atomic mass is 32.1. The lowest BCUT2D eigenvalue weighted by Gasteiger charge is -2.33. The largest absolute Gasteiger partial charge is 0.511 e. The molecule has 140 valence electrons. The second kappa shape index (κ2) is 7.86. The van der Waals surface area contributed by atoms with E-state index in [-0.39, 0.29) is 28.8 Å². The number of hydrogen-bond acceptors (Lipinski definition) is 5. The summed E-state index contributed by atoms with van der Waals surface area (Å²) in [5, 5.41) is 13.5. The van der Waals surface area contributed by atoms with E-state index < -0.39 is 17.6 Å². The van der Waals surface area contributed by atoms with Gasteiger partial charge in [-0.05, 0) is 39.3 Å². The molecule has 6 nitrogen and oxygen atoms in total. The van der Waals surface area contributed by atoms with Crippen LogP contribution in [0.15, 0.2) is 41.7 Å². The first-order valence-corrected chi connectivity index (χ1v) is 8.89. The number of aliphatic hydroxyl groups excluding tert-OH is 1. The predicted octanol–water partition coefficient (Wildman–Crippen LogP) is 4.04. The van der Waals surface area contributed by atoms with Gasteiger partial charge in [-0.25, -0.2) is 9.69 Å². The smallest absolute Gasteiger partial charge is 0.417 e. The molecule has 0 aliphatic carbocycles. The SMILES string of the molecule is CCC1CN(C(=O)OC(C)(C)C)C(=O)C(C(=S)Nc2ccccc2)=C1O. The maximum atomic E-state index is 12.8. The van der Waals surface area contributed by atoms with Crippen LogP contribution in [0.1, 0.15) is 34.1 Å². The summed E-state index contributed by atoms with van der Waals surface area (Å²) < 4.78 is 5.32. The van der Waals surface area contributed by atoms with Crippen molar-refractivity contribution in [3.63, 3.8) is 0 Å². The molecule has 1 aromatic carbocycles. The zero-order valence-corrected chi connectivity index (χ0v) is 16.2. The van der Waals surface area contributed by atoms with Crippen molar-refractivity contribution in [1.82, 2.24) is 4.90 Å². The van der Waals surface area contributed by atoms with Crippen LogP contribution in [0.3, 0.4) is 0 Å². The summed E-state index contributed by atoms with van der Waals surface area (Å²) in [6, 6.07) is 9.09. The lowest BCUT2D eigenvalue weighted by molar-refractivity contribution is -0.127. The molecule has 0 saturated carbocycles. The number of para-hydroxylation sites is 1. The van der Waals surface area contributed by atoms with Gasteiger partial charge in [-0.2, -0.15) is 0 Å². The van der Waals surface area contributed by atoms with Crippen molar-refractivity contribution in [3.05, 3.63) is 41.7 Å². The lowest BCUT2D eigenvalue weighted by atomic mass is 9.94. The molecule has 1 aliphatic rings. The quantitative estimate of drug-likeness (QED) is 0.775. The Labute approximate surface area is 158 Å². The van der Waals surface area contributed by atoms with E-state index >= 15 is 0 Å². The molecular weight excluding hydrogens is 352 g/mol. The van der Waals surface area contributed by atoms with Crippen LogP contribution in [0, 0.1) is 5.92 Å². The van der Waals surface area contributed by atoms with Crippen LogP contribution in [0.25, 0.3) is 0 Å². The normalized spacial score (nSPS) is 17.9. The molecule has 2 rings (SSSR count). The highest BCUT2D eigenvalue weighted by Gasteiger charge is 2.40. The number of rotatable bonds is 3. The van der Waals surface area contributed by atoms with E-state index in [1.54, 1.807) is 32.9 Å². The summed E-state index contributed by atoms with van der Waals surface area (Å²) in [5.74, 6) is -1.13. The van der Waals surface area contributed by atoms with Crippen molar-refractivity contribution in [2.75, 3.05) is 11.9 Å². The van der Waals surface area contributed by atoms with Gasteiger partial charge in [0, 0.05) is 18.2 Å². The molecule has 26 heavy (non-hydrogen) atoms. The van der Waals surface area contributed by atoms with Gasteiger partial charge in [0.1, 0.15) is 21.9 Å². The van der Waals surface area contributed by atoms with Crippen molar-refractivity contribution in [1.29, 1.82) is 0 Å². The molecule has 2 N–H and O–H groups in total. The fraction of sp³-hybridized carbons (Fsp3) is 0.421. The zero-order valence-electron chi connectivity index (χ0n) is 15.4. The molecule has 0 spiro atoms. The Kier molecular flexibility index (Phi) is 6.02. The third-order valence-electron chi connectivity index (χ3n) is 3.87. The number of nitrogens with zero attached hydrogens (tertiary/aromatic N) is 1. The number of carbonyl (C=O) groups excluding carboxylic acids is 2. The molecule has 2 amide bonds. The molecule has 0 aromatic heterocycles. The minimum atomic E-state index is -0.742.